The quantitative estimate of drug-likeness (QED) is 0.712. The van der Waals surface area contributed by atoms with Crippen LogP contribution >= 0.6 is 0 Å². The summed E-state index contributed by atoms with van der Waals surface area (Å²) < 4.78 is 5.41. The van der Waals surface area contributed by atoms with Gasteiger partial charge in [0.15, 0.2) is 0 Å². The highest BCUT2D eigenvalue weighted by Crippen LogP contribution is 2.25. The van der Waals surface area contributed by atoms with Gasteiger partial charge < -0.3 is 9.64 Å². The first kappa shape index (κ1) is 10.9. The van der Waals surface area contributed by atoms with E-state index in [1.807, 2.05) is 11.9 Å². The van der Waals surface area contributed by atoms with E-state index in [1.54, 1.807) is 0 Å². The Balaban J connectivity index is 1.78. The molecular weight excluding hydrogens is 190 g/mol. The summed E-state index contributed by atoms with van der Waals surface area (Å²) >= 11 is 0. The monoisotopic (exact) mass is 211 g/mol. The van der Waals surface area contributed by atoms with Gasteiger partial charge in [0.2, 0.25) is 0 Å². The van der Waals surface area contributed by atoms with E-state index >= 15 is 0 Å². The largest absolute Gasteiger partial charge is 0.368 e. The van der Waals surface area contributed by atoms with Crippen LogP contribution in [0.3, 0.4) is 0 Å². The molecular formula is C12H21NO2. The molecule has 0 radical (unpaired) electrons. The summed E-state index contributed by atoms with van der Waals surface area (Å²) in [5.41, 5.74) is 0. The van der Waals surface area contributed by atoms with Gasteiger partial charge in [-0.2, -0.15) is 0 Å². The lowest BCUT2D eigenvalue weighted by atomic mass is 10.1. The Labute approximate surface area is 91.8 Å². The van der Waals surface area contributed by atoms with E-state index in [1.165, 1.54) is 25.7 Å². The molecule has 1 amide bonds. The number of hydrogen-bond donors (Lipinski definition) is 0. The molecule has 1 saturated carbocycles. The number of carbonyl (C=O) groups is 1. The first-order chi connectivity index (χ1) is 7.27. The summed E-state index contributed by atoms with van der Waals surface area (Å²) in [5, 5.41) is 0. The molecule has 2 rings (SSSR count). The predicted molar refractivity (Wildman–Crippen MR) is 58.6 cm³/mol. The third kappa shape index (κ3) is 2.71. The second kappa shape index (κ2) is 4.97. The number of ether oxygens (including phenoxy) is 1. The van der Waals surface area contributed by atoms with Crippen molar-refractivity contribution >= 4 is 5.91 Å². The Bertz CT molecular complexity index is 218. The molecule has 1 saturated heterocycles. The van der Waals surface area contributed by atoms with Gasteiger partial charge in [-0.05, 0) is 31.6 Å². The fourth-order valence-electron chi connectivity index (χ4n) is 2.69. The van der Waals surface area contributed by atoms with E-state index in [-0.39, 0.29) is 12.0 Å². The van der Waals surface area contributed by atoms with E-state index < -0.39 is 0 Å². The maximum Gasteiger partial charge on any atom is 0.251 e. The van der Waals surface area contributed by atoms with Crippen LogP contribution in [0.2, 0.25) is 0 Å². The summed E-state index contributed by atoms with van der Waals surface area (Å²) in [5.74, 6) is 0.930. The smallest absolute Gasteiger partial charge is 0.251 e. The number of rotatable bonds is 3. The van der Waals surface area contributed by atoms with Gasteiger partial charge in [-0.15, -0.1) is 0 Å². The maximum atomic E-state index is 11.9. The molecule has 0 aromatic heterocycles. The van der Waals surface area contributed by atoms with Crippen molar-refractivity contribution in [2.45, 2.75) is 44.6 Å². The van der Waals surface area contributed by atoms with Crippen LogP contribution in [-0.4, -0.2) is 37.1 Å². The van der Waals surface area contributed by atoms with Gasteiger partial charge in [0.1, 0.15) is 6.10 Å². The molecule has 0 spiro atoms. The lowest BCUT2D eigenvalue weighted by Crippen LogP contribution is -2.38. The van der Waals surface area contributed by atoms with Gasteiger partial charge in [-0.25, -0.2) is 0 Å². The van der Waals surface area contributed by atoms with Crippen molar-refractivity contribution in [2.75, 3.05) is 20.2 Å². The lowest BCUT2D eigenvalue weighted by Gasteiger charge is -2.23. The third-order valence-corrected chi connectivity index (χ3v) is 3.59. The molecule has 86 valence electrons. The van der Waals surface area contributed by atoms with Crippen LogP contribution in [0.25, 0.3) is 0 Å². The highest BCUT2D eigenvalue weighted by atomic mass is 16.5. The fourth-order valence-corrected chi connectivity index (χ4v) is 2.69. The van der Waals surface area contributed by atoms with Gasteiger partial charge in [0.05, 0.1) is 0 Å². The minimum Gasteiger partial charge on any atom is -0.368 e. The minimum absolute atomic E-state index is 0.142. The number of amides is 1. The molecule has 0 N–H and O–H groups in total. The van der Waals surface area contributed by atoms with Crippen LogP contribution < -0.4 is 0 Å². The predicted octanol–water partition coefficient (Wildman–Crippen LogP) is 1.81. The average Bonchev–Trinajstić information content (AvgIpc) is 2.88. The molecule has 2 fully saturated rings. The second-order valence-corrected chi connectivity index (χ2v) is 4.87. The standard InChI is InChI=1S/C12H21NO2/c1-13(9-10-5-2-3-6-10)12(14)11-7-4-8-15-11/h10-11H,2-9H2,1H3/t11-/m1/s1. The number of likely N-dealkylation sites (N-methyl/N-ethyl adjacent to an activating group) is 1. The van der Waals surface area contributed by atoms with Gasteiger partial charge >= 0.3 is 0 Å². The van der Waals surface area contributed by atoms with Crippen LogP contribution in [0, 0.1) is 5.92 Å². The molecule has 15 heavy (non-hydrogen) atoms. The molecule has 1 aliphatic heterocycles. The first-order valence-electron chi connectivity index (χ1n) is 6.14. The van der Waals surface area contributed by atoms with Gasteiger partial charge in [-0.1, -0.05) is 12.8 Å². The zero-order valence-corrected chi connectivity index (χ0v) is 9.58. The summed E-state index contributed by atoms with van der Waals surface area (Å²) in [6.45, 7) is 1.69. The molecule has 2 aliphatic rings. The summed E-state index contributed by atoms with van der Waals surface area (Å²) in [6.07, 6.45) is 7.07. The van der Waals surface area contributed by atoms with Crippen molar-refractivity contribution in [3.8, 4) is 0 Å². The number of hydrogen-bond acceptors (Lipinski definition) is 2. The zero-order valence-electron chi connectivity index (χ0n) is 9.58. The second-order valence-electron chi connectivity index (χ2n) is 4.87. The molecule has 1 aliphatic carbocycles. The van der Waals surface area contributed by atoms with E-state index in [0.29, 0.717) is 0 Å². The molecule has 0 unspecified atom stereocenters. The maximum absolute atomic E-state index is 11.9. The van der Waals surface area contributed by atoms with Crippen molar-refractivity contribution in [1.29, 1.82) is 0 Å². The van der Waals surface area contributed by atoms with Crippen LogP contribution in [0.1, 0.15) is 38.5 Å². The van der Waals surface area contributed by atoms with E-state index in [9.17, 15) is 4.79 Å². The van der Waals surface area contributed by atoms with Crippen molar-refractivity contribution in [1.82, 2.24) is 4.90 Å². The van der Waals surface area contributed by atoms with E-state index in [0.717, 1.165) is 31.9 Å². The van der Waals surface area contributed by atoms with Gasteiger partial charge in [0.25, 0.3) is 5.91 Å². The Morgan fingerprint density at radius 3 is 2.60 bits per heavy atom. The molecule has 1 heterocycles. The van der Waals surface area contributed by atoms with Crippen molar-refractivity contribution in [2.24, 2.45) is 5.92 Å². The molecule has 0 aromatic rings. The Kier molecular flexibility index (Phi) is 3.62. The fraction of sp³-hybridized carbons (Fsp3) is 0.917. The molecule has 1 atom stereocenters. The topological polar surface area (TPSA) is 29.5 Å². The van der Waals surface area contributed by atoms with Crippen molar-refractivity contribution in [3.05, 3.63) is 0 Å². The summed E-state index contributed by atoms with van der Waals surface area (Å²) in [6, 6.07) is 0. The normalized spacial score (nSPS) is 27.1. The molecule has 0 aromatic carbocycles. The Morgan fingerprint density at radius 1 is 1.27 bits per heavy atom. The number of nitrogens with zero attached hydrogens (tertiary/aromatic N) is 1. The van der Waals surface area contributed by atoms with Crippen LogP contribution in [0.5, 0.6) is 0 Å². The first-order valence-corrected chi connectivity index (χ1v) is 6.14. The summed E-state index contributed by atoms with van der Waals surface area (Å²) in [7, 11) is 1.92. The van der Waals surface area contributed by atoms with Crippen molar-refractivity contribution in [3.63, 3.8) is 0 Å². The highest BCUT2D eigenvalue weighted by Gasteiger charge is 2.28. The molecule has 3 heteroatoms. The van der Waals surface area contributed by atoms with Gasteiger partial charge in [-0.3, -0.25) is 4.79 Å². The Morgan fingerprint density at radius 2 is 2.00 bits per heavy atom. The SMILES string of the molecule is CN(CC1CCCC1)C(=O)[C@H]1CCCO1. The minimum atomic E-state index is -0.142. The van der Waals surface area contributed by atoms with E-state index in [4.69, 9.17) is 4.74 Å². The zero-order chi connectivity index (χ0) is 10.7. The van der Waals surface area contributed by atoms with Crippen LogP contribution in [0.15, 0.2) is 0 Å². The van der Waals surface area contributed by atoms with Gasteiger partial charge in [0, 0.05) is 20.2 Å². The van der Waals surface area contributed by atoms with E-state index in [2.05, 4.69) is 0 Å². The van der Waals surface area contributed by atoms with Crippen molar-refractivity contribution < 1.29 is 9.53 Å². The number of carbonyl (C=O) groups excluding carboxylic acids is 1. The highest BCUT2D eigenvalue weighted by molar-refractivity contribution is 5.80. The molecule has 0 bridgehead atoms. The third-order valence-electron chi connectivity index (χ3n) is 3.59. The Hall–Kier alpha value is -0.570. The molecule has 3 nitrogen and oxygen atoms in total. The summed E-state index contributed by atoms with van der Waals surface area (Å²) in [4.78, 5) is 13.8. The van der Waals surface area contributed by atoms with Crippen LogP contribution in [0.4, 0.5) is 0 Å². The lowest BCUT2D eigenvalue weighted by molar-refractivity contribution is -0.140. The van der Waals surface area contributed by atoms with Crippen LogP contribution in [-0.2, 0) is 9.53 Å². The average molecular weight is 211 g/mol.